The molecule has 1 heterocycles. The summed E-state index contributed by atoms with van der Waals surface area (Å²) in [4.78, 5) is 2.40. The molecule has 1 N–H and O–H groups in total. The highest BCUT2D eigenvalue weighted by Gasteiger charge is 2.22. The fourth-order valence-electron chi connectivity index (χ4n) is 2.31. The van der Waals surface area contributed by atoms with Gasteiger partial charge in [-0.1, -0.05) is 18.2 Å². The van der Waals surface area contributed by atoms with E-state index in [1.165, 1.54) is 6.07 Å². The molecule has 0 amide bonds. The Hall–Kier alpha value is -0.900. The number of benzene rings is 1. The van der Waals surface area contributed by atoms with Crippen molar-refractivity contribution in [2.24, 2.45) is 0 Å². The van der Waals surface area contributed by atoms with Crippen molar-refractivity contribution in [3.63, 3.8) is 0 Å². The molecule has 1 saturated heterocycles. The minimum Gasteiger partial charge on any atom is -0.314 e. The van der Waals surface area contributed by atoms with Gasteiger partial charge in [0, 0.05) is 32.2 Å². The molecule has 4 heteroatoms. The summed E-state index contributed by atoms with van der Waals surface area (Å²) in [5.74, 6) is -0.156. The molecule has 1 unspecified atom stereocenters. The van der Waals surface area contributed by atoms with E-state index in [-0.39, 0.29) is 24.3 Å². The van der Waals surface area contributed by atoms with Gasteiger partial charge in [0.1, 0.15) is 5.82 Å². The van der Waals surface area contributed by atoms with Crippen LogP contribution in [0.1, 0.15) is 18.0 Å². The number of hydrogen-bond acceptors (Lipinski definition) is 2. The molecule has 1 aliphatic heterocycles. The molecule has 1 atom stereocenters. The first kappa shape index (κ1) is 15.2. The Bertz CT molecular complexity index is 384. The van der Waals surface area contributed by atoms with Gasteiger partial charge in [0.05, 0.1) is 0 Å². The van der Waals surface area contributed by atoms with Crippen molar-refractivity contribution in [1.29, 1.82) is 0 Å². The molecular formula is C14H20ClFN2. The van der Waals surface area contributed by atoms with E-state index in [4.69, 9.17) is 0 Å². The molecule has 0 radical (unpaired) electrons. The number of piperazine rings is 1. The highest BCUT2D eigenvalue weighted by Crippen LogP contribution is 2.22. The van der Waals surface area contributed by atoms with Crippen molar-refractivity contribution in [2.45, 2.75) is 12.5 Å². The molecule has 0 aliphatic carbocycles. The van der Waals surface area contributed by atoms with Gasteiger partial charge in [-0.25, -0.2) is 4.39 Å². The average molecular weight is 271 g/mol. The second-order valence-corrected chi connectivity index (χ2v) is 4.39. The van der Waals surface area contributed by atoms with Crippen molar-refractivity contribution in [1.82, 2.24) is 10.2 Å². The summed E-state index contributed by atoms with van der Waals surface area (Å²) < 4.78 is 13.2. The largest absolute Gasteiger partial charge is 0.314 e. The molecule has 100 valence electrons. The van der Waals surface area contributed by atoms with Crippen LogP contribution in [0.5, 0.6) is 0 Å². The van der Waals surface area contributed by atoms with Crippen LogP contribution in [-0.4, -0.2) is 31.1 Å². The van der Waals surface area contributed by atoms with E-state index in [0.717, 1.165) is 38.2 Å². The van der Waals surface area contributed by atoms with Crippen LogP contribution in [0.25, 0.3) is 0 Å². The highest BCUT2D eigenvalue weighted by atomic mass is 35.5. The van der Waals surface area contributed by atoms with Gasteiger partial charge in [-0.15, -0.1) is 19.0 Å². The number of nitrogens with zero attached hydrogens (tertiary/aromatic N) is 1. The Morgan fingerprint density at radius 2 is 2.33 bits per heavy atom. The summed E-state index contributed by atoms with van der Waals surface area (Å²) in [6.07, 6.45) is 2.91. The average Bonchev–Trinajstić information content (AvgIpc) is 2.37. The second kappa shape index (κ2) is 7.52. The minimum atomic E-state index is -0.156. The van der Waals surface area contributed by atoms with Gasteiger partial charge >= 0.3 is 0 Å². The molecule has 0 bridgehead atoms. The zero-order valence-electron chi connectivity index (χ0n) is 10.4. The van der Waals surface area contributed by atoms with Gasteiger partial charge in [-0.3, -0.25) is 4.90 Å². The lowest BCUT2D eigenvalue weighted by atomic mass is 10.0. The first-order chi connectivity index (χ1) is 8.31. The number of halogens is 2. The van der Waals surface area contributed by atoms with Crippen molar-refractivity contribution in [3.05, 3.63) is 48.3 Å². The van der Waals surface area contributed by atoms with Crippen LogP contribution in [-0.2, 0) is 0 Å². The Kier molecular flexibility index (Phi) is 6.33. The minimum absolute atomic E-state index is 0. The molecule has 1 aliphatic rings. The van der Waals surface area contributed by atoms with E-state index in [1.54, 1.807) is 12.1 Å². The van der Waals surface area contributed by atoms with Crippen LogP contribution in [0.3, 0.4) is 0 Å². The molecule has 1 aromatic carbocycles. The monoisotopic (exact) mass is 270 g/mol. The predicted octanol–water partition coefficient (Wildman–Crippen LogP) is 2.77. The van der Waals surface area contributed by atoms with E-state index in [0.29, 0.717) is 0 Å². The molecular weight excluding hydrogens is 251 g/mol. The van der Waals surface area contributed by atoms with E-state index >= 15 is 0 Å². The van der Waals surface area contributed by atoms with Crippen LogP contribution < -0.4 is 5.32 Å². The third kappa shape index (κ3) is 3.80. The standard InChI is InChI=1S/C14H19FN2.ClH/c1-2-3-8-17-9-7-16-11-14(17)12-5-4-6-13(15)10-12;/h2,4-6,10,14,16H,1,3,7-9,11H2;1H. The van der Waals surface area contributed by atoms with E-state index < -0.39 is 0 Å². The fraction of sp³-hybridized carbons (Fsp3) is 0.429. The lowest BCUT2D eigenvalue weighted by molar-refractivity contribution is 0.165. The van der Waals surface area contributed by atoms with Crippen LogP contribution >= 0.6 is 12.4 Å². The van der Waals surface area contributed by atoms with Gasteiger partial charge in [0.15, 0.2) is 0 Å². The smallest absolute Gasteiger partial charge is 0.123 e. The second-order valence-electron chi connectivity index (χ2n) is 4.39. The lowest BCUT2D eigenvalue weighted by Gasteiger charge is -2.36. The first-order valence-corrected chi connectivity index (χ1v) is 6.12. The summed E-state index contributed by atoms with van der Waals surface area (Å²) in [6, 6.07) is 7.19. The van der Waals surface area contributed by atoms with Crippen LogP contribution in [0, 0.1) is 5.82 Å². The topological polar surface area (TPSA) is 15.3 Å². The third-order valence-corrected chi connectivity index (χ3v) is 3.21. The number of nitrogens with one attached hydrogen (secondary N) is 1. The van der Waals surface area contributed by atoms with Crippen molar-refractivity contribution in [2.75, 3.05) is 26.2 Å². The maximum Gasteiger partial charge on any atom is 0.123 e. The van der Waals surface area contributed by atoms with Crippen molar-refractivity contribution >= 4 is 12.4 Å². The Morgan fingerprint density at radius 1 is 1.50 bits per heavy atom. The van der Waals surface area contributed by atoms with Crippen LogP contribution in [0.4, 0.5) is 4.39 Å². The van der Waals surface area contributed by atoms with E-state index in [9.17, 15) is 4.39 Å². The molecule has 0 aromatic heterocycles. The summed E-state index contributed by atoms with van der Waals surface area (Å²) in [6.45, 7) is 7.65. The molecule has 0 spiro atoms. The van der Waals surface area contributed by atoms with Crippen molar-refractivity contribution < 1.29 is 4.39 Å². The molecule has 1 fully saturated rings. The summed E-state index contributed by atoms with van der Waals surface area (Å²) in [5, 5.41) is 3.37. The molecule has 2 nitrogen and oxygen atoms in total. The first-order valence-electron chi connectivity index (χ1n) is 6.12. The van der Waals surface area contributed by atoms with Crippen LogP contribution in [0.15, 0.2) is 36.9 Å². The molecule has 2 rings (SSSR count). The number of hydrogen-bond donors (Lipinski definition) is 1. The van der Waals surface area contributed by atoms with Gasteiger partial charge < -0.3 is 5.32 Å². The van der Waals surface area contributed by atoms with Gasteiger partial charge in [0.25, 0.3) is 0 Å². The molecule has 1 aromatic rings. The maximum atomic E-state index is 13.2. The summed E-state index contributed by atoms with van der Waals surface area (Å²) in [5.41, 5.74) is 1.06. The Labute approximate surface area is 114 Å². The van der Waals surface area contributed by atoms with Crippen molar-refractivity contribution in [3.8, 4) is 0 Å². The Morgan fingerprint density at radius 3 is 3.06 bits per heavy atom. The predicted molar refractivity (Wildman–Crippen MR) is 75.6 cm³/mol. The fourth-order valence-corrected chi connectivity index (χ4v) is 2.31. The van der Waals surface area contributed by atoms with E-state index in [1.807, 2.05) is 12.1 Å². The zero-order valence-corrected chi connectivity index (χ0v) is 11.3. The number of rotatable bonds is 4. The van der Waals surface area contributed by atoms with Gasteiger partial charge in [-0.2, -0.15) is 0 Å². The van der Waals surface area contributed by atoms with Crippen LogP contribution in [0.2, 0.25) is 0 Å². The highest BCUT2D eigenvalue weighted by molar-refractivity contribution is 5.85. The third-order valence-electron chi connectivity index (χ3n) is 3.21. The van der Waals surface area contributed by atoms with E-state index in [2.05, 4.69) is 16.8 Å². The quantitative estimate of drug-likeness (QED) is 0.847. The summed E-state index contributed by atoms with van der Waals surface area (Å²) >= 11 is 0. The summed E-state index contributed by atoms with van der Waals surface area (Å²) in [7, 11) is 0. The SMILES string of the molecule is C=CCCN1CCNCC1c1cccc(F)c1.Cl. The normalized spacial score (nSPS) is 20.2. The molecule has 18 heavy (non-hydrogen) atoms. The van der Waals surface area contributed by atoms with Gasteiger partial charge in [0.2, 0.25) is 0 Å². The zero-order chi connectivity index (χ0) is 12.1. The lowest BCUT2D eigenvalue weighted by Crippen LogP contribution is -2.46. The maximum absolute atomic E-state index is 13.2. The Balaban J connectivity index is 0.00000162. The van der Waals surface area contributed by atoms with Gasteiger partial charge in [-0.05, 0) is 24.1 Å². The molecule has 0 saturated carbocycles.